The summed E-state index contributed by atoms with van der Waals surface area (Å²) < 4.78 is 26.2. The highest BCUT2D eigenvalue weighted by Gasteiger charge is 2.33. The van der Waals surface area contributed by atoms with E-state index in [1.54, 1.807) is 6.07 Å². The van der Waals surface area contributed by atoms with Crippen LogP contribution in [0.15, 0.2) is 18.2 Å². The summed E-state index contributed by atoms with van der Waals surface area (Å²) in [6.07, 6.45) is 2.21. The van der Waals surface area contributed by atoms with Crippen molar-refractivity contribution >= 4 is 39.0 Å². The van der Waals surface area contributed by atoms with E-state index in [0.29, 0.717) is 42.5 Å². The van der Waals surface area contributed by atoms with E-state index in [9.17, 15) is 13.2 Å². The number of fused-ring (bicyclic) bond motifs is 2. The Balaban J connectivity index is 1.69. The molecule has 2 aliphatic rings. The molecule has 10 heteroatoms. The maximum atomic E-state index is 13.2. The number of rotatable bonds is 2. The zero-order valence-corrected chi connectivity index (χ0v) is 16.3. The second kappa shape index (κ2) is 6.50. The molecule has 1 aromatic carbocycles. The summed E-state index contributed by atoms with van der Waals surface area (Å²) in [5, 5.41) is 8.17. The molecule has 4 rings (SSSR count). The number of para-hydroxylation sites is 1. The molecule has 0 unspecified atom stereocenters. The van der Waals surface area contributed by atoms with Gasteiger partial charge in [-0.15, -0.1) is 0 Å². The largest absolute Gasteiger partial charge is 0.384 e. The Hall–Kier alpha value is -2.10. The molecule has 0 amide bonds. The SMILES string of the molecule is CS(=O)(=O)N1CCc2c(nn(C(=O)[C@H]3CCNc4c(Cl)cccc43)c2N)C1. The highest BCUT2D eigenvalue weighted by Crippen LogP contribution is 2.38. The Bertz CT molecular complexity index is 1030. The number of carbonyl (C=O) groups is 1. The fourth-order valence-corrected chi connectivity index (χ4v) is 4.79. The minimum absolute atomic E-state index is 0.132. The molecule has 1 atom stereocenters. The molecule has 1 aromatic heterocycles. The Kier molecular flexibility index (Phi) is 4.40. The molecule has 8 nitrogen and oxygen atoms in total. The molecule has 0 saturated heterocycles. The zero-order chi connectivity index (χ0) is 19.3. The smallest absolute Gasteiger partial charge is 0.256 e. The first-order valence-electron chi connectivity index (χ1n) is 8.65. The van der Waals surface area contributed by atoms with E-state index in [2.05, 4.69) is 10.4 Å². The van der Waals surface area contributed by atoms with Gasteiger partial charge in [0.1, 0.15) is 5.82 Å². The number of hydrogen-bond donors (Lipinski definition) is 2. The zero-order valence-electron chi connectivity index (χ0n) is 14.8. The van der Waals surface area contributed by atoms with Crippen LogP contribution >= 0.6 is 11.6 Å². The number of halogens is 1. The van der Waals surface area contributed by atoms with Gasteiger partial charge in [-0.25, -0.2) is 8.42 Å². The Labute approximate surface area is 162 Å². The minimum atomic E-state index is -3.32. The van der Waals surface area contributed by atoms with Gasteiger partial charge in [-0.05, 0) is 24.5 Å². The molecule has 0 aliphatic carbocycles. The fraction of sp³-hybridized carbons (Fsp3) is 0.412. The molecule has 0 saturated carbocycles. The first kappa shape index (κ1) is 18.3. The molecule has 3 heterocycles. The van der Waals surface area contributed by atoms with Crippen LogP contribution in [-0.2, 0) is 23.0 Å². The van der Waals surface area contributed by atoms with E-state index < -0.39 is 15.9 Å². The van der Waals surface area contributed by atoms with Crippen LogP contribution in [0.2, 0.25) is 5.02 Å². The van der Waals surface area contributed by atoms with Crippen LogP contribution < -0.4 is 11.1 Å². The van der Waals surface area contributed by atoms with Crippen LogP contribution in [0, 0.1) is 0 Å². The van der Waals surface area contributed by atoms with E-state index in [1.807, 2.05) is 12.1 Å². The number of nitrogens with zero attached hydrogens (tertiary/aromatic N) is 3. The van der Waals surface area contributed by atoms with Crippen molar-refractivity contribution in [1.29, 1.82) is 0 Å². The number of sulfonamides is 1. The van der Waals surface area contributed by atoms with Crippen LogP contribution in [0.5, 0.6) is 0 Å². The van der Waals surface area contributed by atoms with Crippen molar-refractivity contribution in [2.75, 3.05) is 30.4 Å². The van der Waals surface area contributed by atoms with Gasteiger partial charge in [-0.2, -0.15) is 14.1 Å². The summed E-state index contributed by atoms with van der Waals surface area (Å²) in [4.78, 5) is 13.2. The predicted molar refractivity (Wildman–Crippen MR) is 104 cm³/mol. The number of anilines is 2. The van der Waals surface area contributed by atoms with Crippen LogP contribution in [-0.4, -0.2) is 47.8 Å². The predicted octanol–water partition coefficient (Wildman–Crippen LogP) is 1.68. The molecular weight excluding hydrogens is 390 g/mol. The Morgan fingerprint density at radius 1 is 1.41 bits per heavy atom. The summed E-state index contributed by atoms with van der Waals surface area (Å²) in [7, 11) is -3.32. The molecule has 2 aromatic rings. The standard InChI is InChI=1S/C17H20ClN5O3S/c1-27(25,26)22-8-6-12-14(9-22)21-23(16(12)19)17(24)11-5-7-20-15-10(11)3-2-4-13(15)18/h2-4,11,20H,5-9,19H2,1H3/t11-/m0/s1. The summed E-state index contributed by atoms with van der Waals surface area (Å²) in [6, 6.07) is 5.47. The minimum Gasteiger partial charge on any atom is -0.384 e. The quantitative estimate of drug-likeness (QED) is 0.780. The van der Waals surface area contributed by atoms with Gasteiger partial charge < -0.3 is 11.1 Å². The van der Waals surface area contributed by atoms with Crippen LogP contribution in [0.4, 0.5) is 11.5 Å². The van der Waals surface area contributed by atoms with E-state index in [-0.39, 0.29) is 12.5 Å². The molecule has 0 spiro atoms. The number of hydrogen-bond acceptors (Lipinski definition) is 6. The first-order valence-corrected chi connectivity index (χ1v) is 10.9. The van der Waals surface area contributed by atoms with Crippen LogP contribution in [0.1, 0.15) is 34.0 Å². The average Bonchev–Trinajstić information content (AvgIpc) is 2.97. The lowest BCUT2D eigenvalue weighted by atomic mass is 9.90. The van der Waals surface area contributed by atoms with Crippen molar-refractivity contribution in [3.8, 4) is 0 Å². The lowest BCUT2D eigenvalue weighted by Crippen LogP contribution is -2.35. The van der Waals surface area contributed by atoms with Crippen LogP contribution in [0.3, 0.4) is 0 Å². The van der Waals surface area contributed by atoms with Gasteiger partial charge >= 0.3 is 0 Å². The lowest BCUT2D eigenvalue weighted by molar-refractivity contribution is 0.0859. The monoisotopic (exact) mass is 409 g/mol. The molecule has 0 radical (unpaired) electrons. The van der Waals surface area contributed by atoms with Crippen molar-refractivity contribution in [3.63, 3.8) is 0 Å². The number of nitrogens with two attached hydrogens (primary N) is 1. The van der Waals surface area contributed by atoms with Crippen molar-refractivity contribution in [2.24, 2.45) is 0 Å². The first-order chi connectivity index (χ1) is 12.8. The Morgan fingerprint density at radius 2 is 2.19 bits per heavy atom. The van der Waals surface area contributed by atoms with Gasteiger partial charge in [-0.1, -0.05) is 23.7 Å². The number of carbonyl (C=O) groups excluding carboxylic acids is 1. The highest BCUT2D eigenvalue weighted by atomic mass is 35.5. The van der Waals surface area contributed by atoms with Gasteiger partial charge in [0.05, 0.1) is 35.1 Å². The van der Waals surface area contributed by atoms with Crippen LogP contribution in [0.25, 0.3) is 0 Å². The van der Waals surface area contributed by atoms with Crippen molar-refractivity contribution in [1.82, 2.24) is 14.1 Å². The number of benzene rings is 1. The van der Waals surface area contributed by atoms with E-state index in [0.717, 1.165) is 16.8 Å². The van der Waals surface area contributed by atoms with Gasteiger partial charge in [0.2, 0.25) is 10.0 Å². The topological polar surface area (TPSA) is 110 Å². The second-order valence-electron chi connectivity index (χ2n) is 6.88. The highest BCUT2D eigenvalue weighted by molar-refractivity contribution is 7.88. The number of nitrogens with one attached hydrogen (secondary N) is 1. The summed E-state index contributed by atoms with van der Waals surface area (Å²) in [5.74, 6) is -0.335. The lowest BCUT2D eigenvalue weighted by Gasteiger charge is -2.26. The second-order valence-corrected chi connectivity index (χ2v) is 9.27. The maximum absolute atomic E-state index is 13.2. The summed E-state index contributed by atoms with van der Waals surface area (Å²) in [6.45, 7) is 1.09. The Morgan fingerprint density at radius 3 is 2.93 bits per heavy atom. The van der Waals surface area contributed by atoms with E-state index >= 15 is 0 Å². The molecule has 27 heavy (non-hydrogen) atoms. The van der Waals surface area contributed by atoms with Gasteiger partial charge in [0, 0.05) is 18.7 Å². The molecule has 3 N–H and O–H groups in total. The normalized spacial score (nSPS) is 19.9. The van der Waals surface area contributed by atoms with Crippen molar-refractivity contribution < 1.29 is 13.2 Å². The third-order valence-electron chi connectivity index (χ3n) is 5.18. The van der Waals surface area contributed by atoms with Crippen molar-refractivity contribution in [2.45, 2.75) is 25.3 Å². The van der Waals surface area contributed by atoms with Gasteiger partial charge in [-0.3, -0.25) is 4.79 Å². The van der Waals surface area contributed by atoms with Gasteiger partial charge in [0.15, 0.2) is 0 Å². The third-order valence-corrected chi connectivity index (χ3v) is 6.74. The maximum Gasteiger partial charge on any atom is 0.256 e. The average molecular weight is 410 g/mol. The molecule has 2 aliphatic heterocycles. The molecule has 0 bridgehead atoms. The van der Waals surface area contributed by atoms with Crippen molar-refractivity contribution in [3.05, 3.63) is 40.0 Å². The van der Waals surface area contributed by atoms with E-state index in [4.69, 9.17) is 17.3 Å². The summed E-state index contributed by atoms with van der Waals surface area (Å²) in [5.41, 5.74) is 9.09. The molecule has 0 fully saturated rings. The third kappa shape index (κ3) is 3.09. The number of aromatic nitrogens is 2. The fourth-order valence-electron chi connectivity index (χ4n) is 3.76. The van der Waals surface area contributed by atoms with Gasteiger partial charge in [0.25, 0.3) is 5.91 Å². The molecular formula is C17H20ClN5O3S. The summed E-state index contributed by atoms with van der Waals surface area (Å²) >= 11 is 6.25. The number of nitrogen functional groups attached to an aromatic ring is 1. The van der Waals surface area contributed by atoms with E-state index in [1.165, 1.54) is 15.2 Å². The molecule has 144 valence electrons.